The number of carbonyl (C=O) groups is 3. The van der Waals surface area contributed by atoms with Gasteiger partial charge in [-0.25, -0.2) is 10.2 Å². The number of ether oxygens (including phenoxy) is 2. The van der Waals surface area contributed by atoms with Crippen molar-refractivity contribution in [2.45, 2.75) is 13.8 Å². The zero-order valence-corrected chi connectivity index (χ0v) is 22.7. The third-order valence-corrected chi connectivity index (χ3v) is 5.85. The summed E-state index contributed by atoms with van der Waals surface area (Å²) in [5.74, 6) is -0.835. The summed E-state index contributed by atoms with van der Waals surface area (Å²) < 4.78 is 11.2. The number of benzene rings is 4. The number of carbonyl (C=O) groups excluding carboxylic acids is 3. The molecule has 212 valence electrons. The topological polar surface area (TPSA) is 149 Å². The van der Waals surface area contributed by atoms with E-state index in [-0.39, 0.29) is 17.0 Å². The number of nitrogens with zero attached hydrogens (tertiary/aromatic N) is 2. The number of aryl methyl sites for hydroxylation is 1. The van der Waals surface area contributed by atoms with Gasteiger partial charge in [-0.1, -0.05) is 17.7 Å². The molecule has 0 fully saturated rings. The summed E-state index contributed by atoms with van der Waals surface area (Å²) >= 11 is 0. The molecule has 0 unspecified atom stereocenters. The Morgan fingerprint density at radius 3 is 2.21 bits per heavy atom. The van der Waals surface area contributed by atoms with Crippen LogP contribution in [0.5, 0.6) is 11.5 Å². The molecular formula is C31H26N4O7. The molecule has 2 amide bonds. The Morgan fingerprint density at radius 1 is 0.857 bits per heavy atom. The van der Waals surface area contributed by atoms with E-state index < -0.39 is 22.7 Å². The zero-order chi connectivity index (χ0) is 30.1. The number of rotatable bonds is 10. The van der Waals surface area contributed by atoms with E-state index in [1.165, 1.54) is 42.6 Å². The average molecular weight is 567 g/mol. The number of hydrogen-bond acceptors (Lipinski definition) is 8. The predicted molar refractivity (Wildman–Crippen MR) is 156 cm³/mol. The normalized spacial score (nSPS) is 10.6. The van der Waals surface area contributed by atoms with E-state index in [4.69, 9.17) is 9.47 Å². The van der Waals surface area contributed by atoms with Crippen LogP contribution >= 0.6 is 0 Å². The van der Waals surface area contributed by atoms with Crippen LogP contribution in [0.25, 0.3) is 0 Å². The second-order valence-electron chi connectivity index (χ2n) is 8.93. The smallest absolute Gasteiger partial charge is 0.343 e. The van der Waals surface area contributed by atoms with Crippen molar-refractivity contribution in [2.75, 3.05) is 11.9 Å². The zero-order valence-electron chi connectivity index (χ0n) is 22.7. The SMILES string of the molecule is CCOc1cc(/C=N\NC(=O)c2ccc(NC(=O)c3ccc([N+](=O)[O-])cc3)cc2)ccc1OC(=O)c1cccc(C)c1. The van der Waals surface area contributed by atoms with Gasteiger partial charge in [0.2, 0.25) is 0 Å². The van der Waals surface area contributed by atoms with Gasteiger partial charge < -0.3 is 14.8 Å². The van der Waals surface area contributed by atoms with Crippen molar-refractivity contribution >= 4 is 35.4 Å². The molecule has 0 spiro atoms. The van der Waals surface area contributed by atoms with Gasteiger partial charge in [0.25, 0.3) is 17.5 Å². The lowest BCUT2D eigenvalue weighted by Gasteiger charge is -2.11. The van der Waals surface area contributed by atoms with Gasteiger partial charge in [-0.3, -0.25) is 19.7 Å². The van der Waals surface area contributed by atoms with Gasteiger partial charge in [-0.05, 0) is 86.1 Å². The molecule has 0 aliphatic carbocycles. The fraction of sp³-hybridized carbons (Fsp3) is 0.0968. The third-order valence-electron chi connectivity index (χ3n) is 5.85. The Kier molecular flexibility index (Phi) is 9.36. The minimum Gasteiger partial charge on any atom is -0.490 e. The van der Waals surface area contributed by atoms with Crippen LogP contribution in [0.2, 0.25) is 0 Å². The van der Waals surface area contributed by atoms with Crippen molar-refractivity contribution < 1.29 is 28.8 Å². The summed E-state index contributed by atoms with van der Waals surface area (Å²) in [6, 6.07) is 23.3. The summed E-state index contributed by atoms with van der Waals surface area (Å²) in [6.07, 6.45) is 1.42. The maximum atomic E-state index is 12.6. The van der Waals surface area contributed by atoms with E-state index in [2.05, 4.69) is 15.8 Å². The lowest BCUT2D eigenvalue weighted by atomic mass is 10.1. The van der Waals surface area contributed by atoms with E-state index in [0.29, 0.717) is 34.7 Å². The van der Waals surface area contributed by atoms with Crippen LogP contribution in [0.3, 0.4) is 0 Å². The van der Waals surface area contributed by atoms with Crippen molar-refractivity contribution in [3.8, 4) is 11.5 Å². The molecule has 0 heterocycles. The van der Waals surface area contributed by atoms with Crippen molar-refractivity contribution in [1.29, 1.82) is 0 Å². The third kappa shape index (κ3) is 7.63. The summed E-state index contributed by atoms with van der Waals surface area (Å²) in [6.45, 7) is 4.03. The summed E-state index contributed by atoms with van der Waals surface area (Å²) in [4.78, 5) is 47.7. The van der Waals surface area contributed by atoms with Crippen molar-refractivity contribution in [1.82, 2.24) is 5.43 Å². The summed E-state index contributed by atoms with van der Waals surface area (Å²) in [5, 5.41) is 17.4. The van der Waals surface area contributed by atoms with E-state index in [1.54, 1.807) is 55.5 Å². The highest BCUT2D eigenvalue weighted by atomic mass is 16.6. The first-order valence-corrected chi connectivity index (χ1v) is 12.8. The Bertz CT molecular complexity index is 1650. The van der Waals surface area contributed by atoms with E-state index >= 15 is 0 Å². The maximum Gasteiger partial charge on any atom is 0.343 e. The van der Waals surface area contributed by atoms with Gasteiger partial charge in [0.1, 0.15) is 0 Å². The summed E-state index contributed by atoms with van der Waals surface area (Å²) in [7, 11) is 0. The van der Waals surface area contributed by atoms with Crippen LogP contribution in [0, 0.1) is 17.0 Å². The Morgan fingerprint density at radius 2 is 1.55 bits per heavy atom. The van der Waals surface area contributed by atoms with Gasteiger partial charge in [0.15, 0.2) is 11.5 Å². The molecule has 11 nitrogen and oxygen atoms in total. The van der Waals surface area contributed by atoms with E-state index in [0.717, 1.165) is 5.56 Å². The first-order valence-electron chi connectivity index (χ1n) is 12.8. The molecule has 0 atom stereocenters. The molecule has 0 saturated heterocycles. The second-order valence-corrected chi connectivity index (χ2v) is 8.93. The van der Waals surface area contributed by atoms with Crippen molar-refractivity contribution in [3.05, 3.63) is 129 Å². The molecule has 2 N–H and O–H groups in total. The molecule has 0 bridgehead atoms. The maximum absolute atomic E-state index is 12.6. The standard InChI is InChI=1S/C31H26N4O7/c1-3-41-28-18-21(7-16-27(28)42-31(38)24-6-4-5-20(2)17-24)19-32-34-30(37)23-8-12-25(13-9-23)33-29(36)22-10-14-26(15-11-22)35(39)40/h4-19H,3H2,1-2H3,(H,33,36)(H,34,37)/b32-19-. The number of esters is 1. The van der Waals surface area contributed by atoms with Crippen LogP contribution in [0.4, 0.5) is 11.4 Å². The molecule has 0 saturated carbocycles. The van der Waals surface area contributed by atoms with Gasteiger partial charge in [0.05, 0.1) is 23.3 Å². The Hall–Kier alpha value is -5.84. The Balaban J connectivity index is 1.35. The van der Waals surface area contributed by atoms with Gasteiger partial charge in [-0.2, -0.15) is 5.10 Å². The fourth-order valence-electron chi connectivity index (χ4n) is 3.76. The second kappa shape index (κ2) is 13.5. The highest BCUT2D eigenvalue weighted by Gasteiger charge is 2.14. The number of amides is 2. The lowest BCUT2D eigenvalue weighted by molar-refractivity contribution is -0.384. The number of nitro benzene ring substituents is 1. The molecule has 42 heavy (non-hydrogen) atoms. The highest BCUT2D eigenvalue weighted by molar-refractivity contribution is 6.04. The van der Waals surface area contributed by atoms with E-state index in [1.807, 2.05) is 13.0 Å². The highest BCUT2D eigenvalue weighted by Crippen LogP contribution is 2.29. The largest absolute Gasteiger partial charge is 0.490 e. The number of nitro groups is 1. The van der Waals surface area contributed by atoms with Crippen LogP contribution in [-0.2, 0) is 0 Å². The van der Waals surface area contributed by atoms with Gasteiger partial charge >= 0.3 is 5.97 Å². The van der Waals surface area contributed by atoms with Crippen LogP contribution in [0.1, 0.15) is 49.1 Å². The van der Waals surface area contributed by atoms with Crippen LogP contribution < -0.4 is 20.2 Å². The minimum atomic E-state index is -0.545. The van der Waals surface area contributed by atoms with Gasteiger partial charge in [-0.15, -0.1) is 0 Å². The van der Waals surface area contributed by atoms with Gasteiger partial charge in [0, 0.05) is 28.9 Å². The molecule has 4 aromatic rings. The molecule has 4 rings (SSSR count). The number of non-ortho nitro benzene ring substituents is 1. The molecule has 11 heteroatoms. The molecular weight excluding hydrogens is 540 g/mol. The van der Waals surface area contributed by atoms with Crippen LogP contribution in [0.15, 0.2) is 96.1 Å². The molecule has 4 aromatic carbocycles. The number of hydrogen-bond donors (Lipinski definition) is 2. The molecule has 0 radical (unpaired) electrons. The van der Waals surface area contributed by atoms with Crippen molar-refractivity contribution in [2.24, 2.45) is 5.10 Å². The molecule has 0 aliphatic rings. The quantitative estimate of drug-likeness (QED) is 0.0842. The first-order chi connectivity index (χ1) is 20.2. The first kappa shape index (κ1) is 29.2. The number of anilines is 1. The minimum absolute atomic E-state index is 0.115. The number of nitrogens with one attached hydrogen (secondary N) is 2. The van der Waals surface area contributed by atoms with E-state index in [9.17, 15) is 24.5 Å². The van der Waals surface area contributed by atoms with Crippen molar-refractivity contribution in [3.63, 3.8) is 0 Å². The fourth-order valence-corrected chi connectivity index (χ4v) is 3.76. The summed E-state index contributed by atoms with van der Waals surface area (Å²) in [5.41, 5.74) is 5.26. The molecule has 0 aliphatic heterocycles. The monoisotopic (exact) mass is 566 g/mol. The van der Waals surface area contributed by atoms with Crippen LogP contribution in [-0.4, -0.2) is 35.5 Å². The number of hydrazone groups is 1. The predicted octanol–water partition coefficient (Wildman–Crippen LogP) is 5.54. The lowest BCUT2D eigenvalue weighted by Crippen LogP contribution is -2.18. The molecule has 0 aromatic heterocycles. The average Bonchev–Trinajstić information content (AvgIpc) is 2.99. The Labute approximate surface area is 240 Å².